The van der Waals surface area contributed by atoms with Crippen LogP contribution >= 0.6 is 12.4 Å². The van der Waals surface area contributed by atoms with Crippen molar-refractivity contribution < 1.29 is 0 Å². The summed E-state index contributed by atoms with van der Waals surface area (Å²) in [6, 6.07) is 0. The van der Waals surface area contributed by atoms with Gasteiger partial charge in [-0.05, 0) is 31.8 Å². The number of aromatic nitrogens is 4. The molecule has 0 unspecified atom stereocenters. The second-order valence-corrected chi connectivity index (χ2v) is 6.68. The number of rotatable bonds is 3. The minimum atomic E-state index is 0. The fraction of sp³-hybridized carbons (Fsp3) is 0.688. The Balaban J connectivity index is 0.00000169. The van der Waals surface area contributed by atoms with Crippen LogP contribution in [-0.2, 0) is 7.05 Å². The molecule has 0 bridgehead atoms. The van der Waals surface area contributed by atoms with Crippen LogP contribution in [0.25, 0.3) is 11.0 Å². The average molecular weight is 352 g/mol. The second kappa shape index (κ2) is 7.63. The zero-order valence-electron chi connectivity index (χ0n) is 14.2. The number of nitrogens with one attached hydrogen (secondary N) is 1. The number of anilines is 1. The SMILES string of the molecule is Cl.Cn1ncc2c(N3CCN(CC4CCNCC4)CC3)ncnc21. The first-order chi connectivity index (χ1) is 11.3. The lowest BCUT2D eigenvalue weighted by atomic mass is 9.97. The lowest BCUT2D eigenvalue weighted by Crippen LogP contribution is -2.49. The predicted molar refractivity (Wildman–Crippen MR) is 97.8 cm³/mol. The molecule has 0 saturated carbocycles. The van der Waals surface area contributed by atoms with Crippen LogP contribution < -0.4 is 10.2 Å². The Labute approximate surface area is 148 Å². The van der Waals surface area contributed by atoms with Crippen LogP contribution in [0.4, 0.5) is 5.82 Å². The molecule has 8 heteroatoms. The van der Waals surface area contributed by atoms with Crippen molar-refractivity contribution in [3.63, 3.8) is 0 Å². The van der Waals surface area contributed by atoms with Gasteiger partial charge in [-0.3, -0.25) is 9.58 Å². The summed E-state index contributed by atoms with van der Waals surface area (Å²) in [6.07, 6.45) is 6.18. The summed E-state index contributed by atoms with van der Waals surface area (Å²) < 4.78 is 1.81. The quantitative estimate of drug-likeness (QED) is 0.886. The van der Waals surface area contributed by atoms with Gasteiger partial charge in [0.05, 0.1) is 11.6 Å². The van der Waals surface area contributed by atoms with Crippen molar-refractivity contribution in [2.75, 3.05) is 50.7 Å². The van der Waals surface area contributed by atoms with Gasteiger partial charge in [0.15, 0.2) is 5.65 Å². The maximum atomic E-state index is 4.52. The van der Waals surface area contributed by atoms with Crippen LogP contribution in [0.5, 0.6) is 0 Å². The number of fused-ring (bicyclic) bond motifs is 1. The number of halogens is 1. The van der Waals surface area contributed by atoms with E-state index in [1.807, 2.05) is 17.9 Å². The summed E-state index contributed by atoms with van der Waals surface area (Å²) in [7, 11) is 1.93. The fourth-order valence-corrected chi connectivity index (χ4v) is 3.77. The summed E-state index contributed by atoms with van der Waals surface area (Å²) in [5, 5.41) is 8.82. The van der Waals surface area contributed by atoms with Crippen molar-refractivity contribution in [1.29, 1.82) is 0 Å². The first-order valence-electron chi connectivity index (χ1n) is 8.62. The van der Waals surface area contributed by atoms with Crippen molar-refractivity contribution in [2.45, 2.75) is 12.8 Å². The number of piperidine rings is 1. The average Bonchev–Trinajstić information content (AvgIpc) is 2.98. The molecule has 0 aliphatic carbocycles. The molecule has 24 heavy (non-hydrogen) atoms. The zero-order valence-corrected chi connectivity index (χ0v) is 15.0. The molecule has 2 aromatic rings. The van der Waals surface area contributed by atoms with Crippen LogP contribution in [0, 0.1) is 5.92 Å². The number of aryl methyl sites for hydroxylation is 1. The van der Waals surface area contributed by atoms with Crippen LogP contribution in [0.2, 0.25) is 0 Å². The van der Waals surface area contributed by atoms with E-state index in [0.717, 1.165) is 48.9 Å². The van der Waals surface area contributed by atoms with Gasteiger partial charge in [0.1, 0.15) is 12.1 Å². The van der Waals surface area contributed by atoms with Gasteiger partial charge in [-0.15, -0.1) is 12.4 Å². The Kier molecular flexibility index (Phi) is 5.53. The molecule has 0 aromatic carbocycles. The Morgan fingerprint density at radius 3 is 2.62 bits per heavy atom. The molecule has 1 N–H and O–H groups in total. The second-order valence-electron chi connectivity index (χ2n) is 6.68. The lowest BCUT2D eigenvalue weighted by Gasteiger charge is -2.37. The number of piperazine rings is 1. The Morgan fingerprint density at radius 1 is 1.12 bits per heavy atom. The molecular weight excluding hydrogens is 326 g/mol. The lowest BCUT2D eigenvalue weighted by molar-refractivity contribution is 0.196. The van der Waals surface area contributed by atoms with Crippen LogP contribution in [0.15, 0.2) is 12.5 Å². The molecule has 4 heterocycles. The smallest absolute Gasteiger partial charge is 0.163 e. The molecule has 132 valence electrons. The fourth-order valence-electron chi connectivity index (χ4n) is 3.77. The largest absolute Gasteiger partial charge is 0.353 e. The topological polar surface area (TPSA) is 62.1 Å². The van der Waals surface area contributed by atoms with Gasteiger partial charge in [0.25, 0.3) is 0 Å². The molecule has 0 radical (unpaired) electrons. The third-order valence-electron chi connectivity index (χ3n) is 5.16. The maximum absolute atomic E-state index is 4.52. The van der Waals surface area contributed by atoms with E-state index in [2.05, 4.69) is 30.2 Å². The first kappa shape index (κ1) is 17.4. The predicted octanol–water partition coefficient (Wildman–Crippen LogP) is 0.907. The van der Waals surface area contributed by atoms with Gasteiger partial charge in [0, 0.05) is 39.8 Å². The van der Waals surface area contributed by atoms with Crippen molar-refractivity contribution in [3.8, 4) is 0 Å². The van der Waals surface area contributed by atoms with Gasteiger partial charge >= 0.3 is 0 Å². The van der Waals surface area contributed by atoms with Crippen molar-refractivity contribution in [3.05, 3.63) is 12.5 Å². The van der Waals surface area contributed by atoms with E-state index in [0.29, 0.717) is 0 Å². The standard InChI is InChI=1S/C16H25N7.ClH/c1-21-15-14(10-20-21)16(19-12-18-15)23-8-6-22(7-9-23)11-13-2-4-17-5-3-13;/h10,12-13,17H,2-9,11H2,1H3;1H. The van der Waals surface area contributed by atoms with Gasteiger partial charge in [0.2, 0.25) is 0 Å². The monoisotopic (exact) mass is 351 g/mol. The van der Waals surface area contributed by atoms with Crippen molar-refractivity contribution in [1.82, 2.24) is 30.0 Å². The highest BCUT2D eigenvalue weighted by molar-refractivity contribution is 5.86. The highest BCUT2D eigenvalue weighted by Crippen LogP contribution is 2.23. The molecule has 2 aromatic heterocycles. The summed E-state index contributed by atoms with van der Waals surface area (Å²) in [5.74, 6) is 1.90. The molecule has 7 nitrogen and oxygen atoms in total. The maximum Gasteiger partial charge on any atom is 0.163 e. The number of hydrogen-bond acceptors (Lipinski definition) is 6. The highest BCUT2D eigenvalue weighted by atomic mass is 35.5. The molecule has 2 fully saturated rings. The molecule has 0 amide bonds. The third kappa shape index (κ3) is 3.48. The van der Waals surface area contributed by atoms with Gasteiger partial charge in [-0.25, -0.2) is 9.97 Å². The van der Waals surface area contributed by atoms with E-state index in [1.165, 1.54) is 32.5 Å². The van der Waals surface area contributed by atoms with Crippen LogP contribution in [0.1, 0.15) is 12.8 Å². The summed E-state index contributed by atoms with van der Waals surface area (Å²) >= 11 is 0. The first-order valence-corrected chi connectivity index (χ1v) is 8.62. The Hall–Kier alpha value is -1.44. The zero-order chi connectivity index (χ0) is 15.6. The van der Waals surface area contributed by atoms with Gasteiger partial charge < -0.3 is 10.2 Å². The van der Waals surface area contributed by atoms with Crippen molar-refractivity contribution in [2.24, 2.45) is 13.0 Å². The molecule has 4 rings (SSSR count). The van der Waals surface area contributed by atoms with E-state index in [4.69, 9.17) is 0 Å². The van der Waals surface area contributed by atoms with Gasteiger partial charge in [-0.2, -0.15) is 5.10 Å². The highest BCUT2D eigenvalue weighted by Gasteiger charge is 2.23. The Bertz CT molecular complexity index is 659. The van der Waals surface area contributed by atoms with Crippen LogP contribution in [-0.4, -0.2) is 70.5 Å². The molecule has 0 atom stereocenters. The normalized spacial score (nSPS) is 20.3. The van der Waals surface area contributed by atoms with E-state index in [9.17, 15) is 0 Å². The molecule has 2 saturated heterocycles. The molecule has 2 aliphatic rings. The van der Waals surface area contributed by atoms with E-state index >= 15 is 0 Å². The Morgan fingerprint density at radius 2 is 1.88 bits per heavy atom. The summed E-state index contributed by atoms with van der Waals surface area (Å²) in [5.41, 5.74) is 0.909. The molecule has 0 spiro atoms. The minimum Gasteiger partial charge on any atom is -0.353 e. The van der Waals surface area contributed by atoms with E-state index in [1.54, 1.807) is 6.33 Å². The van der Waals surface area contributed by atoms with Gasteiger partial charge in [-0.1, -0.05) is 0 Å². The third-order valence-corrected chi connectivity index (χ3v) is 5.16. The number of nitrogens with zero attached hydrogens (tertiary/aromatic N) is 6. The molecule has 2 aliphatic heterocycles. The van der Waals surface area contributed by atoms with Crippen molar-refractivity contribution >= 4 is 29.3 Å². The summed E-state index contributed by atoms with van der Waals surface area (Å²) in [6.45, 7) is 7.93. The summed E-state index contributed by atoms with van der Waals surface area (Å²) in [4.78, 5) is 13.9. The minimum absolute atomic E-state index is 0. The molecular formula is C16H26ClN7. The van der Waals surface area contributed by atoms with E-state index in [-0.39, 0.29) is 12.4 Å². The van der Waals surface area contributed by atoms with E-state index < -0.39 is 0 Å². The van der Waals surface area contributed by atoms with Crippen LogP contribution in [0.3, 0.4) is 0 Å². The number of hydrogen-bond donors (Lipinski definition) is 1.